The maximum absolute atomic E-state index is 11.3. The molecule has 0 amide bonds. The van der Waals surface area contributed by atoms with Gasteiger partial charge in [0.1, 0.15) is 5.69 Å². The summed E-state index contributed by atoms with van der Waals surface area (Å²) >= 11 is 0. The van der Waals surface area contributed by atoms with Crippen molar-refractivity contribution >= 4 is 11.8 Å². The van der Waals surface area contributed by atoms with E-state index in [0.29, 0.717) is 11.5 Å². The zero-order valence-electron chi connectivity index (χ0n) is 10.1. The fourth-order valence-electron chi connectivity index (χ4n) is 2.33. The number of hydrogen-bond acceptors (Lipinski definition) is 2. The topological polar surface area (TPSA) is 59.3 Å². The molecule has 1 fully saturated rings. The molecule has 1 aliphatic rings. The van der Waals surface area contributed by atoms with E-state index in [1.54, 1.807) is 10.8 Å². The number of aromatic carboxylic acids is 1. The molecule has 1 N–H and O–H groups in total. The van der Waals surface area contributed by atoms with E-state index in [1.165, 1.54) is 19.4 Å². The van der Waals surface area contributed by atoms with Crippen LogP contribution in [0.1, 0.15) is 60.0 Å². The smallest absolute Gasteiger partial charge is 0.352 e. The summed E-state index contributed by atoms with van der Waals surface area (Å²) in [5, 5.41) is 9.15. The van der Waals surface area contributed by atoms with Gasteiger partial charge in [-0.3, -0.25) is 4.79 Å². The minimum Gasteiger partial charge on any atom is -0.477 e. The molecule has 1 heterocycles. The first-order chi connectivity index (χ1) is 8.00. The SMILES string of the molecule is CC(=O)c1cc(C(=O)O)n(C(C)C2CCC2)c1. The number of carbonyl (C=O) groups is 2. The molecule has 0 radical (unpaired) electrons. The summed E-state index contributed by atoms with van der Waals surface area (Å²) in [6.45, 7) is 3.49. The standard InChI is InChI=1S/C13H17NO3/c1-8(10-4-3-5-10)14-7-11(9(2)15)6-12(14)13(16)17/h6-8,10H,3-5H2,1-2H3,(H,16,17). The minimum absolute atomic E-state index is 0.0907. The number of carbonyl (C=O) groups excluding carboxylic acids is 1. The zero-order chi connectivity index (χ0) is 12.6. The van der Waals surface area contributed by atoms with E-state index >= 15 is 0 Å². The first-order valence-corrected chi connectivity index (χ1v) is 5.97. The highest BCUT2D eigenvalue weighted by Gasteiger charge is 2.28. The summed E-state index contributed by atoms with van der Waals surface area (Å²) in [6.07, 6.45) is 5.19. The molecule has 0 spiro atoms. The Bertz CT molecular complexity index is 457. The second-order valence-electron chi connectivity index (χ2n) is 4.81. The van der Waals surface area contributed by atoms with Crippen LogP contribution in [0.4, 0.5) is 0 Å². The second kappa shape index (κ2) is 4.35. The van der Waals surface area contributed by atoms with Crippen molar-refractivity contribution in [1.82, 2.24) is 4.57 Å². The first-order valence-electron chi connectivity index (χ1n) is 5.97. The average Bonchev–Trinajstić information content (AvgIpc) is 2.58. The number of hydrogen-bond donors (Lipinski definition) is 1. The zero-order valence-corrected chi connectivity index (χ0v) is 10.1. The highest BCUT2D eigenvalue weighted by atomic mass is 16.4. The van der Waals surface area contributed by atoms with Crippen LogP contribution in [0.3, 0.4) is 0 Å². The predicted octanol–water partition coefficient (Wildman–Crippen LogP) is 2.75. The number of carboxylic acid groups (broad SMARTS) is 1. The third-order valence-electron chi connectivity index (χ3n) is 3.75. The highest BCUT2D eigenvalue weighted by Crippen LogP contribution is 2.37. The van der Waals surface area contributed by atoms with Gasteiger partial charge in [0.25, 0.3) is 0 Å². The van der Waals surface area contributed by atoms with Gasteiger partial charge in [0.05, 0.1) is 0 Å². The van der Waals surface area contributed by atoms with Gasteiger partial charge in [0, 0.05) is 17.8 Å². The number of ketones is 1. The van der Waals surface area contributed by atoms with E-state index < -0.39 is 5.97 Å². The molecule has 1 aromatic rings. The Hall–Kier alpha value is -1.58. The van der Waals surface area contributed by atoms with Gasteiger partial charge in [0.2, 0.25) is 0 Å². The van der Waals surface area contributed by atoms with Crippen LogP contribution in [-0.4, -0.2) is 21.4 Å². The van der Waals surface area contributed by atoms with Gasteiger partial charge in [-0.2, -0.15) is 0 Å². The summed E-state index contributed by atoms with van der Waals surface area (Å²) in [7, 11) is 0. The van der Waals surface area contributed by atoms with Crippen molar-refractivity contribution in [2.24, 2.45) is 5.92 Å². The molecule has 0 saturated heterocycles. The molecule has 4 heteroatoms. The van der Waals surface area contributed by atoms with Gasteiger partial charge < -0.3 is 9.67 Å². The maximum atomic E-state index is 11.3. The van der Waals surface area contributed by atoms with E-state index in [2.05, 4.69) is 0 Å². The lowest BCUT2D eigenvalue weighted by Crippen LogP contribution is -2.24. The molecule has 1 unspecified atom stereocenters. The van der Waals surface area contributed by atoms with E-state index in [4.69, 9.17) is 5.11 Å². The van der Waals surface area contributed by atoms with Crippen LogP contribution >= 0.6 is 0 Å². The number of Topliss-reactive ketones (excluding diaryl/α,β-unsaturated/α-hetero) is 1. The van der Waals surface area contributed by atoms with Crippen LogP contribution in [-0.2, 0) is 0 Å². The van der Waals surface area contributed by atoms with E-state index in [1.807, 2.05) is 6.92 Å². The van der Waals surface area contributed by atoms with Gasteiger partial charge in [-0.1, -0.05) is 6.42 Å². The molecule has 0 bridgehead atoms. The molecule has 1 atom stereocenters. The summed E-state index contributed by atoms with van der Waals surface area (Å²) in [5.41, 5.74) is 0.697. The van der Waals surface area contributed by atoms with Gasteiger partial charge in [-0.25, -0.2) is 4.79 Å². The number of carboxylic acids is 1. The van der Waals surface area contributed by atoms with Crippen LogP contribution in [0, 0.1) is 5.92 Å². The molecular weight excluding hydrogens is 218 g/mol. The van der Waals surface area contributed by atoms with Gasteiger partial charge in [0.15, 0.2) is 5.78 Å². The fourth-order valence-corrected chi connectivity index (χ4v) is 2.33. The lowest BCUT2D eigenvalue weighted by Gasteiger charge is -2.33. The van der Waals surface area contributed by atoms with Crippen molar-refractivity contribution in [3.8, 4) is 0 Å². The molecule has 92 valence electrons. The third kappa shape index (κ3) is 2.12. The summed E-state index contributed by atoms with van der Waals surface area (Å²) in [5.74, 6) is -0.518. The Balaban J connectivity index is 2.36. The Morgan fingerprint density at radius 3 is 2.53 bits per heavy atom. The predicted molar refractivity (Wildman–Crippen MR) is 63.4 cm³/mol. The Kier molecular flexibility index (Phi) is 3.05. The normalized spacial score (nSPS) is 17.5. The Labute approximate surface area is 100 Å². The van der Waals surface area contributed by atoms with Crippen molar-refractivity contribution in [1.29, 1.82) is 0 Å². The fraction of sp³-hybridized carbons (Fsp3) is 0.538. The van der Waals surface area contributed by atoms with Gasteiger partial charge in [-0.15, -0.1) is 0 Å². The largest absolute Gasteiger partial charge is 0.477 e. The molecule has 1 aliphatic carbocycles. The maximum Gasteiger partial charge on any atom is 0.352 e. The molecule has 0 aliphatic heterocycles. The molecular formula is C13H17NO3. The molecule has 4 nitrogen and oxygen atoms in total. The number of rotatable bonds is 4. The molecule has 0 aromatic carbocycles. The van der Waals surface area contributed by atoms with Crippen LogP contribution < -0.4 is 0 Å². The van der Waals surface area contributed by atoms with Crippen LogP contribution in [0.25, 0.3) is 0 Å². The molecule has 17 heavy (non-hydrogen) atoms. The van der Waals surface area contributed by atoms with Crippen molar-refractivity contribution in [3.05, 3.63) is 23.5 Å². The highest BCUT2D eigenvalue weighted by molar-refractivity contribution is 5.97. The van der Waals surface area contributed by atoms with E-state index in [-0.39, 0.29) is 17.5 Å². The third-order valence-corrected chi connectivity index (χ3v) is 3.75. The van der Waals surface area contributed by atoms with Crippen LogP contribution in [0.5, 0.6) is 0 Å². The van der Waals surface area contributed by atoms with Crippen molar-refractivity contribution in [3.63, 3.8) is 0 Å². The Morgan fingerprint density at radius 1 is 1.47 bits per heavy atom. The molecule has 1 saturated carbocycles. The van der Waals surface area contributed by atoms with Crippen LogP contribution in [0.2, 0.25) is 0 Å². The lowest BCUT2D eigenvalue weighted by atomic mass is 9.80. The van der Waals surface area contributed by atoms with Gasteiger partial charge in [-0.05, 0) is 38.7 Å². The summed E-state index contributed by atoms with van der Waals surface area (Å²) in [6, 6.07) is 1.63. The number of nitrogens with zero attached hydrogens (tertiary/aromatic N) is 1. The quantitative estimate of drug-likeness (QED) is 0.816. The van der Waals surface area contributed by atoms with Crippen molar-refractivity contribution in [2.75, 3.05) is 0 Å². The summed E-state index contributed by atoms with van der Waals surface area (Å²) in [4.78, 5) is 22.5. The lowest BCUT2D eigenvalue weighted by molar-refractivity contribution is 0.0677. The first kappa shape index (κ1) is 11.9. The average molecular weight is 235 g/mol. The monoisotopic (exact) mass is 235 g/mol. The van der Waals surface area contributed by atoms with E-state index in [0.717, 1.165) is 12.8 Å². The second-order valence-corrected chi connectivity index (χ2v) is 4.81. The van der Waals surface area contributed by atoms with Gasteiger partial charge >= 0.3 is 5.97 Å². The molecule has 1 aromatic heterocycles. The van der Waals surface area contributed by atoms with Crippen molar-refractivity contribution in [2.45, 2.75) is 39.2 Å². The van der Waals surface area contributed by atoms with Crippen molar-refractivity contribution < 1.29 is 14.7 Å². The van der Waals surface area contributed by atoms with E-state index in [9.17, 15) is 9.59 Å². The minimum atomic E-state index is -0.969. The molecule has 2 rings (SSSR count). The van der Waals surface area contributed by atoms with Crippen LogP contribution in [0.15, 0.2) is 12.3 Å². The number of aromatic nitrogens is 1. The summed E-state index contributed by atoms with van der Waals surface area (Å²) < 4.78 is 1.74. The Morgan fingerprint density at radius 2 is 2.12 bits per heavy atom.